The number of pyridine rings is 1. The molecule has 5 heteroatoms. The molecule has 1 aromatic heterocycles. The van der Waals surface area contributed by atoms with Crippen molar-refractivity contribution in [2.24, 2.45) is 0 Å². The van der Waals surface area contributed by atoms with Gasteiger partial charge >= 0.3 is 0 Å². The molecule has 1 amide bonds. The number of amides is 1. The smallest absolute Gasteiger partial charge is 0.272 e. The van der Waals surface area contributed by atoms with Crippen molar-refractivity contribution in [2.75, 3.05) is 18.9 Å². The zero-order valence-electron chi connectivity index (χ0n) is 9.69. The maximum absolute atomic E-state index is 11.8. The van der Waals surface area contributed by atoms with Crippen molar-refractivity contribution in [3.63, 3.8) is 0 Å². The van der Waals surface area contributed by atoms with Gasteiger partial charge in [-0.2, -0.15) is 0 Å². The summed E-state index contributed by atoms with van der Waals surface area (Å²) in [7, 11) is 0. The van der Waals surface area contributed by atoms with Crippen LogP contribution in [0, 0.1) is 0 Å². The van der Waals surface area contributed by atoms with Gasteiger partial charge in [-0.25, -0.2) is 4.98 Å². The Labute approximate surface area is 100 Å². The molecule has 1 unspecified atom stereocenters. The third-order valence-electron chi connectivity index (χ3n) is 2.82. The molecule has 2 rings (SSSR count). The van der Waals surface area contributed by atoms with Crippen LogP contribution in [0.1, 0.15) is 29.8 Å². The molecule has 1 aromatic rings. The van der Waals surface area contributed by atoms with Crippen molar-refractivity contribution in [1.82, 2.24) is 10.3 Å². The Kier molecular flexibility index (Phi) is 3.93. The standard InChI is InChI=1S/C12H17N3O2/c13-10-5-3-6-14-11(10)12(16)15-8-9-4-1-2-7-17-9/h3,5-6,9H,1-2,4,7-8,13H2,(H,15,16). The molecule has 0 aromatic carbocycles. The van der Waals surface area contributed by atoms with E-state index in [1.165, 1.54) is 0 Å². The lowest BCUT2D eigenvalue weighted by molar-refractivity contribution is 0.0168. The number of nitrogen functional groups attached to an aromatic ring is 1. The Morgan fingerprint density at radius 1 is 1.59 bits per heavy atom. The number of hydrogen-bond donors (Lipinski definition) is 2. The van der Waals surface area contributed by atoms with Gasteiger partial charge in [0, 0.05) is 19.3 Å². The number of rotatable bonds is 3. The fourth-order valence-corrected chi connectivity index (χ4v) is 1.87. The van der Waals surface area contributed by atoms with Crippen molar-refractivity contribution < 1.29 is 9.53 Å². The molecule has 92 valence electrons. The SMILES string of the molecule is Nc1cccnc1C(=O)NCC1CCCCO1. The van der Waals surface area contributed by atoms with Crippen molar-refractivity contribution in [2.45, 2.75) is 25.4 Å². The first kappa shape index (κ1) is 11.9. The second-order valence-electron chi connectivity index (χ2n) is 4.14. The lowest BCUT2D eigenvalue weighted by Crippen LogP contribution is -2.36. The molecule has 0 bridgehead atoms. The van der Waals surface area contributed by atoms with Gasteiger partial charge in [-0.15, -0.1) is 0 Å². The number of carbonyl (C=O) groups excluding carboxylic acids is 1. The normalized spacial score (nSPS) is 19.9. The fraction of sp³-hybridized carbons (Fsp3) is 0.500. The highest BCUT2D eigenvalue weighted by Crippen LogP contribution is 2.12. The molecule has 1 aliphatic heterocycles. The highest BCUT2D eigenvalue weighted by atomic mass is 16.5. The number of nitrogens with one attached hydrogen (secondary N) is 1. The highest BCUT2D eigenvalue weighted by molar-refractivity contribution is 5.96. The van der Waals surface area contributed by atoms with Gasteiger partial charge in [0.05, 0.1) is 11.8 Å². The molecule has 1 saturated heterocycles. The van der Waals surface area contributed by atoms with Gasteiger partial charge in [-0.1, -0.05) is 0 Å². The van der Waals surface area contributed by atoms with Crippen LogP contribution in [-0.2, 0) is 4.74 Å². The van der Waals surface area contributed by atoms with E-state index in [9.17, 15) is 4.79 Å². The Balaban J connectivity index is 1.87. The van der Waals surface area contributed by atoms with Gasteiger partial charge in [0.2, 0.25) is 0 Å². The molecular formula is C12H17N3O2. The minimum atomic E-state index is -0.239. The molecule has 0 spiro atoms. The lowest BCUT2D eigenvalue weighted by atomic mass is 10.1. The number of nitrogens with two attached hydrogens (primary N) is 1. The predicted octanol–water partition coefficient (Wildman–Crippen LogP) is 0.963. The molecule has 0 radical (unpaired) electrons. The highest BCUT2D eigenvalue weighted by Gasteiger charge is 2.16. The molecular weight excluding hydrogens is 218 g/mol. The minimum Gasteiger partial charge on any atom is -0.397 e. The summed E-state index contributed by atoms with van der Waals surface area (Å²) in [5, 5.41) is 2.80. The molecule has 1 aliphatic rings. The summed E-state index contributed by atoms with van der Waals surface area (Å²) in [5.74, 6) is -0.239. The number of aromatic nitrogens is 1. The van der Waals surface area contributed by atoms with Crippen LogP contribution in [0.15, 0.2) is 18.3 Å². The van der Waals surface area contributed by atoms with Crippen LogP contribution >= 0.6 is 0 Å². The van der Waals surface area contributed by atoms with E-state index < -0.39 is 0 Å². The summed E-state index contributed by atoms with van der Waals surface area (Å²) < 4.78 is 5.53. The molecule has 1 fully saturated rings. The average molecular weight is 235 g/mol. The third-order valence-corrected chi connectivity index (χ3v) is 2.82. The van der Waals surface area contributed by atoms with Gasteiger partial charge in [0.25, 0.3) is 5.91 Å². The lowest BCUT2D eigenvalue weighted by Gasteiger charge is -2.22. The van der Waals surface area contributed by atoms with Gasteiger partial charge in [0.1, 0.15) is 0 Å². The Hall–Kier alpha value is -1.62. The van der Waals surface area contributed by atoms with E-state index in [-0.39, 0.29) is 17.7 Å². The number of hydrogen-bond acceptors (Lipinski definition) is 4. The second kappa shape index (κ2) is 5.63. The average Bonchev–Trinajstić information content (AvgIpc) is 2.38. The van der Waals surface area contributed by atoms with Crippen LogP contribution in [-0.4, -0.2) is 30.1 Å². The number of anilines is 1. The van der Waals surface area contributed by atoms with E-state index in [1.54, 1.807) is 18.3 Å². The van der Waals surface area contributed by atoms with E-state index in [0.717, 1.165) is 25.9 Å². The monoisotopic (exact) mass is 235 g/mol. The number of ether oxygens (including phenoxy) is 1. The van der Waals surface area contributed by atoms with Gasteiger partial charge in [0.15, 0.2) is 5.69 Å². The first-order valence-corrected chi connectivity index (χ1v) is 5.87. The zero-order valence-corrected chi connectivity index (χ0v) is 9.69. The van der Waals surface area contributed by atoms with Crippen molar-refractivity contribution >= 4 is 11.6 Å². The van der Waals surface area contributed by atoms with Crippen LogP contribution in [0.5, 0.6) is 0 Å². The zero-order chi connectivity index (χ0) is 12.1. The van der Waals surface area contributed by atoms with E-state index in [4.69, 9.17) is 10.5 Å². The summed E-state index contributed by atoms with van der Waals surface area (Å²) in [5.41, 5.74) is 6.35. The van der Waals surface area contributed by atoms with E-state index in [0.29, 0.717) is 12.2 Å². The molecule has 17 heavy (non-hydrogen) atoms. The van der Waals surface area contributed by atoms with Crippen LogP contribution in [0.25, 0.3) is 0 Å². The van der Waals surface area contributed by atoms with E-state index >= 15 is 0 Å². The minimum absolute atomic E-state index is 0.123. The molecule has 0 saturated carbocycles. The maximum Gasteiger partial charge on any atom is 0.272 e. The Bertz CT molecular complexity index is 389. The Morgan fingerprint density at radius 3 is 3.18 bits per heavy atom. The summed E-state index contributed by atoms with van der Waals surface area (Å²) in [6, 6.07) is 3.37. The third kappa shape index (κ3) is 3.17. The first-order valence-electron chi connectivity index (χ1n) is 5.87. The fourth-order valence-electron chi connectivity index (χ4n) is 1.87. The predicted molar refractivity (Wildman–Crippen MR) is 64.6 cm³/mol. The summed E-state index contributed by atoms with van der Waals surface area (Å²) in [4.78, 5) is 15.8. The first-order chi connectivity index (χ1) is 8.27. The topological polar surface area (TPSA) is 77.2 Å². The second-order valence-corrected chi connectivity index (χ2v) is 4.14. The summed E-state index contributed by atoms with van der Waals surface area (Å²) in [6.45, 7) is 1.31. The number of nitrogens with zero attached hydrogens (tertiary/aromatic N) is 1. The van der Waals surface area contributed by atoms with Gasteiger partial charge < -0.3 is 15.8 Å². The molecule has 3 N–H and O–H groups in total. The summed E-state index contributed by atoms with van der Waals surface area (Å²) >= 11 is 0. The Morgan fingerprint density at radius 2 is 2.47 bits per heavy atom. The van der Waals surface area contributed by atoms with Crippen molar-refractivity contribution in [3.8, 4) is 0 Å². The van der Waals surface area contributed by atoms with Crippen molar-refractivity contribution in [1.29, 1.82) is 0 Å². The van der Waals surface area contributed by atoms with Gasteiger partial charge in [-0.3, -0.25) is 4.79 Å². The van der Waals surface area contributed by atoms with Crippen LogP contribution < -0.4 is 11.1 Å². The molecule has 2 heterocycles. The van der Waals surface area contributed by atoms with Crippen LogP contribution in [0.4, 0.5) is 5.69 Å². The van der Waals surface area contributed by atoms with Crippen LogP contribution in [0.2, 0.25) is 0 Å². The quantitative estimate of drug-likeness (QED) is 0.818. The molecule has 5 nitrogen and oxygen atoms in total. The maximum atomic E-state index is 11.8. The van der Waals surface area contributed by atoms with E-state index in [2.05, 4.69) is 10.3 Å². The molecule has 1 atom stereocenters. The van der Waals surface area contributed by atoms with Gasteiger partial charge in [-0.05, 0) is 31.4 Å². The summed E-state index contributed by atoms with van der Waals surface area (Å²) in [6.07, 6.45) is 4.95. The van der Waals surface area contributed by atoms with E-state index in [1.807, 2.05) is 0 Å². The molecule has 0 aliphatic carbocycles. The number of carbonyl (C=O) groups is 1. The van der Waals surface area contributed by atoms with Crippen LogP contribution in [0.3, 0.4) is 0 Å². The largest absolute Gasteiger partial charge is 0.397 e. The van der Waals surface area contributed by atoms with Crippen molar-refractivity contribution in [3.05, 3.63) is 24.0 Å².